The number of nitrogens with zero attached hydrogens (tertiary/aromatic N) is 2. The number of hydrogen-bond donors (Lipinski definition) is 0. The van der Waals surface area contributed by atoms with E-state index in [0.29, 0.717) is 5.56 Å². The highest BCUT2D eigenvalue weighted by Gasteiger charge is 2.09. The number of hydrogen-bond acceptors (Lipinski definition) is 2. The summed E-state index contributed by atoms with van der Waals surface area (Å²) in [6.07, 6.45) is 1.34. The van der Waals surface area contributed by atoms with Crippen LogP contribution >= 0.6 is 0 Å². The van der Waals surface area contributed by atoms with Crippen LogP contribution in [-0.4, -0.2) is 4.98 Å². The fourth-order valence-electron chi connectivity index (χ4n) is 1.35. The Hall–Kier alpha value is -2.28. The first kappa shape index (κ1) is 10.2. The van der Waals surface area contributed by atoms with E-state index in [1.165, 1.54) is 30.5 Å². The number of halogens is 2. The van der Waals surface area contributed by atoms with E-state index in [2.05, 4.69) is 4.98 Å². The van der Waals surface area contributed by atoms with Gasteiger partial charge in [0, 0.05) is 17.3 Å². The Morgan fingerprint density at radius 3 is 2.56 bits per heavy atom. The molecule has 16 heavy (non-hydrogen) atoms. The molecule has 2 nitrogen and oxygen atoms in total. The second kappa shape index (κ2) is 4.07. The molecular weight excluding hydrogens is 210 g/mol. The molecule has 0 spiro atoms. The van der Waals surface area contributed by atoms with E-state index < -0.39 is 11.6 Å². The van der Waals surface area contributed by atoms with Gasteiger partial charge in [-0.3, -0.25) is 0 Å². The summed E-state index contributed by atoms with van der Waals surface area (Å²) in [5.41, 5.74) is 0.813. The molecule has 0 unspecified atom stereocenters. The predicted molar refractivity (Wildman–Crippen MR) is 54.3 cm³/mol. The molecule has 0 aliphatic rings. The van der Waals surface area contributed by atoms with Crippen molar-refractivity contribution in [3.8, 4) is 17.2 Å². The summed E-state index contributed by atoms with van der Waals surface area (Å²) in [7, 11) is 0. The van der Waals surface area contributed by atoms with Crippen molar-refractivity contribution >= 4 is 0 Å². The molecule has 2 aromatic rings. The van der Waals surface area contributed by atoms with Crippen LogP contribution in [0.2, 0.25) is 0 Å². The number of nitriles is 1. The number of aromatic nitrogens is 1. The van der Waals surface area contributed by atoms with Crippen molar-refractivity contribution in [3.63, 3.8) is 0 Å². The summed E-state index contributed by atoms with van der Waals surface area (Å²) in [4.78, 5) is 3.79. The minimum Gasteiger partial charge on any atom is -0.245 e. The fourth-order valence-corrected chi connectivity index (χ4v) is 1.35. The van der Waals surface area contributed by atoms with Crippen molar-refractivity contribution < 1.29 is 8.78 Å². The summed E-state index contributed by atoms with van der Waals surface area (Å²) in [5, 5.41) is 8.55. The monoisotopic (exact) mass is 216 g/mol. The van der Waals surface area contributed by atoms with Crippen LogP contribution in [0.1, 0.15) is 5.69 Å². The summed E-state index contributed by atoms with van der Waals surface area (Å²) in [6.45, 7) is 0. The molecule has 0 N–H and O–H groups in total. The molecule has 2 rings (SSSR count). The van der Waals surface area contributed by atoms with Gasteiger partial charge >= 0.3 is 0 Å². The van der Waals surface area contributed by atoms with E-state index in [1.54, 1.807) is 0 Å². The highest BCUT2D eigenvalue weighted by atomic mass is 19.2. The van der Waals surface area contributed by atoms with E-state index in [4.69, 9.17) is 5.26 Å². The summed E-state index contributed by atoms with van der Waals surface area (Å²) >= 11 is 0. The van der Waals surface area contributed by atoms with Crippen LogP contribution in [0.25, 0.3) is 11.1 Å². The Kier molecular flexibility index (Phi) is 2.61. The van der Waals surface area contributed by atoms with Gasteiger partial charge in [0.25, 0.3) is 0 Å². The maximum absolute atomic E-state index is 13.4. The van der Waals surface area contributed by atoms with Gasteiger partial charge in [-0.15, -0.1) is 0 Å². The van der Waals surface area contributed by atoms with Crippen molar-refractivity contribution in [2.24, 2.45) is 0 Å². The highest BCUT2D eigenvalue weighted by molar-refractivity contribution is 5.63. The molecule has 1 heterocycles. The molecule has 0 atom stereocenters. The average molecular weight is 216 g/mol. The van der Waals surface area contributed by atoms with E-state index in [9.17, 15) is 8.78 Å². The molecule has 0 saturated carbocycles. The van der Waals surface area contributed by atoms with Crippen LogP contribution < -0.4 is 0 Å². The maximum atomic E-state index is 13.4. The quantitative estimate of drug-likeness (QED) is 0.734. The third-order valence-electron chi connectivity index (χ3n) is 2.14. The van der Waals surface area contributed by atoms with Gasteiger partial charge < -0.3 is 0 Å². The molecular formula is C12H6F2N2. The van der Waals surface area contributed by atoms with Gasteiger partial charge in [-0.1, -0.05) is 12.1 Å². The van der Waals surface area contributed by atoms with Crippen LogP contribution in [-0.2, 0) is 0 Å². The zero-order valence-electron chi connectivity index (χ0n) is 8.11. The van der Waals surface area contributed by atoms with Crippen LogP contribution in [0.4, 0.5) is 8.78 Å². The Balaban J connectivity index is 2.51. The number of pyridine rings is 1. The van der Waals surface area contributed by atoms with Gasteiger partial charge in [0.15, 0.2) is 11.6 Å². The van der Waals surface area contributed by atoms with Gasteiger partial charge in [0.2, 0.25) is 0 Å². The second-order valence-electron chi connectivity index (χ2n) is 3.15. The first-order chi connectivity index (χ1) is 7.72. The highest BCUT2D eigenvalue weighted by Crippen LogP contribution is 2.23. The lowest BCUT2D eigenvalue weighted by molar-refractivity contribution is 0.511. The molecule has 0 amide bonds. The Morgan fingerprint density at radius 2 is 1.94 bits per heavy atom. The normalized spacial score (nSPS) is 9.81. The maximum Gasteiger partial charge on any atom is 0.166 e. The summed E-state index contributed by atoms with van der Waals surface area (Å²) in [5.74, 6) is -1.81. The Morgan fingerprint density at radius 1 is 1.12 bits per heavy atom. The first-order valence-corrected chi connectivity index (χ1v) is 4.53. The molecule has 0 bridgehead atoms. The van der Waals surface area contributed by atoms with Gasteiger partial charge in [0.05, 0.1) is 0 Å². The minimum absolute atomic E-state index is 0.136. The number of rotatable bonds is 1. The lowest BCUT2D eigenvalue weighted by atomic mass is 10.1. The van der Waals surface area contributed by atoms with Crippen molar-refractivity contribution in [1.29, 1.82) is 5.26 Å². The SMILES string of the molecule is N#Cc1ccc(-c2cccc(F)c2F)cn1. The van der Waals surface area contributed by atoms with Gasteiger partial charge in [-0.25, -0.2) is 13.8 Å². The smallest absolute Gasteiger partial charge is 0.166 e. The van der Waals surface area contributed by atoms with E-state index in [-0.39, 0.29) is 11.3 Å². The summed E-state index contributed by atoms with van der Waals surface area (Å²) in [6, 6.07) is 8.78. The van der Waals surface area contributed by atoms with Crippen LogP contribution in [0.15, 0.2) is 36.5 Å². The van der Waals surface area contributed by atoms with Gasteiger partial charge in [-0.05, 0) is 18.2 Å². The third-order valence-corrected chi connectivity index (χ3v) is 2.14. The first-order valence-electron chi connectivity index (χ1n) is 4.53. The molecule has 1 aromatic carbocycles. The number of benzene rings is 1. The van der Waals surface area contributed by atoms with Crippen molar-refractivity contribution in [2.75, 3.05) is 0 Å². The van der Waals surface area contributed by atoms with Crippen LogP contribution in [0, 0.1) is 23.0 Å². The molecule has 0 saturated heterocycles. The van der Waals surface area contributed by atoms with Crippen molar-refractivity contribution in [1.82, 2.24) is 4.98 Å². The van der Waals surface area contributed by atoms with Gasteiger partial charge in [0.1, 0.15) is 11.8 Å². The lowest BCUT2D eigenvalue weighted by Crippen LogP contribution is -1.90. The molecule has 4 heteroatoms. The molecule has 0 aliphatic carbocycles. The zero-order chi connectivity index (χ0) is 11.5. The molecule has 0 aliphatic heterocycles. The minimum atomic E-state index is -0.908. The van der Waals surface area contributed by atoms with Gasteiger partial charge in [-0.2, -0.15) is 5.26 Å². The standard InChI is InChI=1S/C12H6F2N2/c13-11-3-1-2-10(12(11)14)8-4-5-9(6-15)16-7-8/h1-5,7H. The van der Waals surface area contributed by atoms with Crippen molar-refractivity contribution in [3.05, 3.63) is 53.9 Å². The zero-order valence-corrected chi connectivity index (χ0v) is 8.11. The van der Waals surface area contributed by atoms with Crippen LogP contribution in [0.3, 0.4) is 0 Å². The molecule has 0 fully saturated rings. The molecule has 1 aromatic heterocycles. The molecule has 0 radical (unpaired) electrons. The average Bonchev–Trinajstić information content (AvgIpc) is 2.33. The lowest BCUT2D eigenvalue weighted by Gasteiger charge is -2.03. The van der Waals surface area contributed by atoms with Crippen LogP contribution in [0.5, 0.6) is 0 Å². The predicted octanol–water partition coefficient (Wildman–Crippen LogP) is 2.90. The summed E-state index contributed by atoms with van der Waals surface area (Å²) < 4.78 is 26.4. The Bertz CT molecular complexity index is 556. The second-order valence-corrected chi connectivity index (χ2v) is 3.15. The topological polar surface area (TPSA) is 36.7 Å². The fraction of sp³-hybridized carbons (Fsp3) is 0. The van der Waals surface area contributed by atoms with E-state index in [1.807, 2.05) is 6.07 Å². The van der Waals surface area contributed by atoms with Crippen molar-refractivity contribution in [2.45, 2.75) is 0 Å². The largest absolute Gasteiger partial charge is 0.245 e. The van der Waals surface area contributed by atoms with E-state index >= 15 is 0 Å². The molecule has 78 valence electrons. The Labute approximate surface area is 90.8 Å². The van der Waals surface area contributed by atoms with E-state index in [0.717, 1.165) is 6.07 Å². The third kappa shape index (κ3) is 1.75.